The van der Waals surface area contributed by atoms with E-state index in [-0.39, 0.29) is 35.3 Å². The third-order valence-corrected chi connectivity index (χ3v) is 7.38. The van der Waals surface area contributed by atoms with Crippen LogP contribution in [-0.2, 0) is 20.8 Å². The molecule has 0 spiro atoms. The minimum atomic E-state index is -2.64. The number of phenolic OH excluding ortho intramolecular Hbond substituents is 1. The van der Waals surface area contributed by atoms with Crippen LogP contribution in [0.3, 0.4) is 0 Å². The molecule has 0 aromatic heterocycles. The van der Waals surface area contributed by atoms with Crippen molar-refractivity contribution in [1.29, 1.82) is 0 Å². The Morgan fingerprint density at radius 1 is 1.11 bits per heavy atom. The first-order valence-electron chi connectivity index (χ1n) is 11.1. The van der Waals surface area contributed by atoms with Gasteiger partial charge in [0, 0.05) is 17.9 Å². The number of aliphatic hydroxyl groups is 3. The van der Waals surface area contributed by atoms with E-state index in [1.807, 2.05) is 0 Å². The number of Topliss-reactive ketones (excluding diaryl/α,β-unsaturated/α-hetero) is 2. The van der Waals surface area contributed by atoms with E-state index in [0.717, 1.165) is 6.07 Å². The summed E-state index contributed by atoms with van der Waals surface area (Å²) in [5, 5.41) is 43.6. The van der Waals surface area contributed by atoms with Crippen molar-refractivity contribution in [3.05, 3.63) is 69.7 Å². The molecule has 2 aromatic rings. The number of benzene rings is 2. The maximum atomic E-state index is 13.9. The molecule has 5 rings (SSSR count). The van der Waals surface area contributed by atoms with E-state index in [1.165, 1.54) is 24.3 Å². The summed E-state index contributed by atoms with van der Waals surface area (Å²) in [6.45, 7) is 0. The smallest absolute Gasteiger partial charge is 0.255 e. The molecule has 10 heteroatoms. The lowest BCUT2D eigenvalue weighted by atomic mass is 9.59. The summed E-state index contributed by atoms with van der Waals surface area (Å²) >= 11 is 0. The molecule has 1 saturated carbocycles. The molecule has 0 bridgehead atoms. The molecule has 1 amide bonds. The summed E-state index contributed by atoms with van der Waals surface area (Å²) in [7, 11) is 0. The highest BCUT2D eigenvalue weighted by atomic mass is 19.1. The fraction of sp³-hybridized carbons (Fsp3) is 0.231. The van der Waals surface area contributed by atoms with Gasteiger partial charge in [0.15, 0.2) is 17.7 Å². The zero-order chi connectivity index (χ0) is 26.1. The Kier molecular flexibility index (Phi) is 5.11. The number of carbonyl (C=O) groups excluding carboxylic acids is 4. The second kappa shape index (κ2) is 7.85. The van der Waals surface area contributed by atoms with E-state index >= 15 is 0 Å². The van der Waals surface area contributed by atoms with E-state index in [2.05, 4.69) is 0 Å². The quantitative estimate of drug-likeness (QED) is 0.319. The van der Waals surface area contributed by atoms with Gasteiger partial charge >= 0.3 is 0 Å². The zero-order valence-electron chi connectivity index (χ0n) is 18.6. The van der Waals surface area contributed by atoms with Crippen LogP contribution >= 0.6 is 0 Å². The Labute approximate surface area is 203 Å². The first-order chi connectivity index (χ1) is 17.0. The van der Waals surface area contributed by atoms with Gasteiger partial charge in [0.05, 0.1) is 11.1 Å². The molecule has 0 saturated heterocycles. The summed E-state index contributed by atoms with van der Waals surface area (Å²) in [4.78, 5) is 48.9. The lowest BCUT2D eigenvalue weighted by Gasteiger charge is -2.46. The summed E-state index contributed by atoms with van der Waals surface area (Å²) in [6, 6.07) is 6.68. The number of nitrogens with two attached hydrogens (primary N) is 1. The summed E-state index contributed by atoms with van der Waals surface area (Å²) < 4.78 is 13.9. The molecule has 0 aliphatic heterocycles. The number of rotatable bonds is 3. The number of amides is 1. The van der Waals surface area contributed by atoms with Crippen molar-refractivity contribution in [1.82, 2.24) is 0 Å². The zero-order valence-corrected chi connectivity index (χ0v) is 18.6. The minimum absolute atomic E-state index is 0.0129. The molecule has 3 aliphatic rings. The topological polar surface area (TPSA) is 175 Å². The van der Waals surface area contributed by atoms with Gasteiger partial charge in [-0.2, -0.15) is 0 Å². The average molecular weight is 493 g/mol. The predicted octanol–water partition coefficient (Wildman–Crippen LogP) is 2.04. The molecule has 2 aromatic carbocycles. The molecular weight excluding hydrogens is 473 g/mol. The first kappa shape index (κ1) is 23.4. The number of fused-ring (bicyclic) bond motifs is 3. The number of carbonyl (C=O) groups is 4. The number of ketones is 2. The van der Waals surface area contributed by atoms with Crippen LogP contribution in [0.5, 0.6) is 5.75 Å². The normalized spacial score (nSPS) is 25.3. The molecule has 0 heterocycles. The molecule has 36 heavy (non-hydrogen) atoms. The maximum Gasteiger partial charge on any atom is 0.255 e. The largest absolute Gasteiger partial charge is 0.508 e. The number of aldehydes is 1. The third-order valence-electron chi connectivity index (χ3n) is 7.38. The number of aliphatic hydroxyl groups excluding tert-OH is 2. The van der Waals surface area contributed by atoms with Crippen LogP contribution in [0.15, 0.2) is 47.2 Å². The standard InChI is InChI=1S/C26H20FNO8/c27-16-3-1-10(5-12(16)9-29)14-2-4-17(30)20-15(14)7-11-6-13-8-18(31)21(25(28)35)24(34)26(13,36)23(33)19(11)22(20)32/h1-5,9,11,13,30,32,34,36H,6-8H2,(H2,28,35)/t11-,13+,26+/m1/s1. The molecular formula is C26H20FNO8. The second-order valence-corrected chi connectivity index (χ2v) is 9.25. The Morgan fingerprint density at radius 2 is 1.83 bits per heavy atom. The lowest BCUT2D eigenvalue weighted by molar-refractivity contribution is -0.147. The number of halogens is 1. The monoisotopic (exact) mass is 493 g/mol. The van der Waals surface area contributed by atoms with Crippen LogP contribution in [0.1, 0.15) is 34.3 Å². The van der Waals surface area contributed by atoms with Crippen molar-refractivity contribution >= 4 is 29.5 Å². The van der Waals surface area contributed by atoms with Crippen molar-refractivity contribution in [3.63, 3.8) is 0 Å². The fourth-order valence-electron chi connectivity index (χ4n) is 5.69. The van der Waals surface area contributed by atoms with Gasteiger partial charge in [0.25, 0.3) is 5.91 Å². The van der Waals surface area contributed by atoms with Crippen molar-refractivity contribution in [2.75, 3.05) is 0 Å². The van der Waals surface area contributed by atoms with Crippen LogP contribution in [0.25, 0.3) is 16.9 Å². The number of aromatic hydroxyl groups is 1. The third kappa shape index (κ3) is 3.04. The van der Waals surface area contributed by atoms with E-state index < -0.39 is 64.2 Å². The van der Waals surface area contributed by atoms with Gasteiger partial charge < -0.3 is 26.2 Å². The summed E-state index contributed by atoms with van der Waals surface area (Å²) in [5.74, 6) is -7.83. The van der Waals surface area contributed by atoms with Crippen LogP contribution in [-0.4, -0.2) is 49.8 Å². The molecule has 0 unspecified atom stereocenters. The Hall–Kier alpha value is -4.31. The molecule has 1 fully saturated rings. The minimum Gasteiger partial charge on any atom is -0.508 e. The van der Waals surface area contributed by atoms with Gasteiger partial charge in [-0.1, -0.05) is 12.1 Å². The van der Waals surface area contributed by atoms with Gasteiger partial charge in [-0.05, 0) is 53.6 Å². The SMILES string of the molecule is NC(=O)C1=C(O)[C@@]2(O)C(=O)C3=C(O)c4c(O)ccc(-c5ccc(F)c(C=O)c5)c4C[C@H]3C[C@H]2CC1=O. The van der Waals surface area contributed by atoms with E-state index in [1.54, 1.807) is 0 Å². The van der Waals surface area contributed by atoms with Crippen LogP contribution < -0.4 is 5.73 Å². The predicted molar refractivity (Wildman–Crippen MR) is 122 cm³/mol. The number of phenols is 1. The molecule has 184 valence electrons. The molecule has 6 N–H and O–H groups in total. The Morgan fingerprint density at radius 3 is 2.50 bits per heavy atom. The highest BCUT2D eigenvalue weighted by molar-refractivity contribution is 6.22. The number of hydrogen-bond donors (Lipinski definition) is 5. The molecule has 3 atom stereocenters. The second-order valence-electron chi connectivity index (χ2n) is 9.25. The van der Waals surface area contributed by atoms with Gasteiger partial charge in [-0.25, -0.2) is 4.39 Å². The van der Waals surface area contributed by atoms with Crippen molar-refractivity contribution in [2.45, 2.75) is 24.9 Å². The van der Waals surface area contributed by atoms with Crippen LogP contribution in [0.2, 0.25) is 0 Å². The highest BCUT2D eigenvalue weighted by Gasteiger charge is 2.60. The maximum absolute atomic E-state index is 13.9. The first-order valence-corrected chi connectivity index (χ1v) is 11.1. The highest BCUT2D eigenvalue weighted by Crippen LogP contribution is 2.53. The fourth-order valence-corrected chi connectivity index (χ4v) is 5.69. The van der Waals surface area contributed by atoms with E-state index in [4.69, 9.17) is 5.73 Å². The average Bonchev–Trinajstić information content (AvgIpc) is 2.82. The van der Waals surface area contributed by atoms with Crippen LogP contribution in [0.4, 0.5) is 4.39 Å². The van der Waals surface area contributed by atoms with E-state index in [9.17, 15) is 44.0 Å². The van der Waals surface area contributed by atoms with Crippen LogP contribution in [0, 0.1) is 17.7 Å². The van der Waals surface area contributed by atoms with Gasteiger partial charge in [-0.3, -0.25) is 19.2 Å². The number of primary amides is 1. The van der Waals surface area contributed by atoms with Gasteiger partial charge in [0.1, 0.15) is 28.7 Å². The van der Waals surface area contributed by atoms with E-state index in [0.29, 0.717) is 23.0 Å². The molecule has 0 radical (unpaired) electrons. The summed E-state index contributed by atoms with van der Waals surface area (Å²) in [6.07, 6.45) is 0.0186. The Balaban J connectivity index is 1.71. The van der Waals surface area contributed by atoms with Crippen molar-refractivity contribution in [2.24, 2.45) is 17.6 Å². The van der Waals surface area contributed by atoms with Crippen molar-refractivity contribution in [3.8, 4) is 16.9 Å². The molecule has 3 aliphatic carbocycles. The van der Waals surface area contributed by atoms with Gasteiger partial charge in [-0.15, -0.1) is 0 Å². The van der Waals surface area contributed by atoms with Crippen molar-refractivity contribution < 1.29 is 44.0 Å². The Bertz CT molecular complexity index is 1470. The molecule has 9 nitrogen and oxygen atoms in total. The lowest BCUT2D eigenvalue weighted by Crippen LogP contribution is -2.58. The van der Waals surface area contributed by atoms with Gasteiger partial charge in [0.2, 0.25) is 5.78 Å². The number of hydrogen-bond acceptors (Lipinski definition) is 8. The summed E-state index contributed by atoms with van der Waals surface area (Å²) in [5.41, 5.74) is 2.48.